The van der Waals surface area contributed by atoms with Gasteiger partial charge in [0.15, 0.2) is 5.96 Å². The van der Waals surface area contributed by atoms with Crippen molar-refractivity contribution in [3.63, 3.8) is 0 Å². The van der Waals surface area contributed by atoms with Crippen LogP contribution in [0.4, 0.5) is 0 Å². The second-order valence-electron chi connectivity index (χ2n) is 6.49. The number of aromatic nitrogens is 1. The van der Waals surface area contributed by atoms with E-state index in [1.54, 1.807) is 0 Å². The average molecular weight is 414 g/mol. The van der Waals surface area contributed by atoms with Crippen LogP contribution in [0.15, 0.2) is 29.4 Å². The highest BCUT2D eigenvalue weighted by molar-refractivity contribution is 14.0. The average Bonchev–Trinajstić information content (AvgIpc) is 3.11. The van der Waals surface area contributed by atoms with Crippen LogP contribution in [0.5, 0.6) is 0 Å². The molecule has 0 aliphatic heterocycles. The van der Waals surface area contributed by atoms with E-state index in [-0.39, 0.29) is 24.0 Å². The Kier molecular flexibility index (Phi) is 6.92. The normalized spacial score (nSPS) is 26.7. The standard InChI is InChI=1S/C17H26N4.HI/c18-17(21-10-7-16-3-1-2-8-19-16)20-9-6-15-12-13-4-5-14(15)11-13;/h1-3,8,13-15H,4-7,9-12H2,(H3,18,20,21);1H. The van der Waals surface area contributed by atoms with E-state index in [0.717, 1.165) is 43.0 Å². The van der Waals surface area contributed by atoms with Gasteiger partial charge in [-0.3, -0.25) is 9.98 Å². The lowest BCUT2D eigenvalue weighted by molar-refractivity contribution is 0.318. The molecular weight excluding hydrogens is 387 g/mol. The summed E-state index contributed by atoms with van der Waals surface area (Å²) >= 11 is 0. The SMILES string of the molecule is I.NC(=NCCC1CC2CCC1C2)NCCc1ccccn1. The predicted molar refractivity (Wildman–Crippen MR) is 101 cm³/mol. The molecular formula is C17H27IN4. The number of nitrogens with two attached hydrogens (primary N) is 1. The highest BCUT2D eigenvalue weighted by Crippen LogP contribution is 2.49. The third-order valence-electron chi connectivity index (χ3n) is 5.08. The van der Waals surface area contributed by atoms with E-state index in [2.05, 4.69) is 15.3 Å². The predicted octanol–water partition coefficient (Wildman–Crippen LogP) is 2.97. The molecule has 0 spiro atoms. The lowest BCUT2D eigenvalue weighted by Gasteiger charge is -2.20. The number of nitrogens with one attached hydrogen (secondary N) is 1. The number of nitrogens with zero attached hydrogens (tertiary/aromatic N) is 2. The van der Waals surface area contributed by atoms with Crippen molar-refractivity contribution in [1.82, 2.24) is 10.3 Å². The molecule has 3 N–H and O–H groups in total. The molecule has 4 nitrogen and oxygen atoms in total. The summed E-state index contributed by atoms with van der Waals surface area (Å²) in [5.74, 6) is 3.50. The first-order chi connectivity index (χ1) is 10.3. The van der Waals surface area contributed by atoms with Crippen LogP contribution in [-0.2, 0) is 6.42 Å². The summed E-state index contributed by atoms with van der Waals surface area (Å²) < 4.78 is 0. The first-order valence-corrected chi connectivity index (χ1v) is 8.25. The number of fused-ring (bicyclic) bond motifs is 2. The Hall–Kier alpha value is -0.850. The number of aliphatic imine (C=N–C) groups is 1. The second-order valence-corrected chi connectivity index (χ2v) is 6.49. The lowest BCUT2D eigenvalue weighted by atomic mass is 9.86. The van der Waals surface area contributed by atoms with Gasteiger partial charge in [-0.1, -0.05) is 12.5 Å². The Balaban J connectivity index is 0.00000176. The summed E-state index contributed by atoms with van der Waals surface area (Å²) in [6, 6.07) is 5.97. The summed E-state index contributed by atoms with van der Waals surface area (Å²) in [7, 11) is 0. The van der Waals surface area contributed by atoms with Crippen LogP contribution in [0, 0.1) is 17.8 Å². The summed E-state index contributed by atoms with van der Waals surface area (Å²) in [5.41, 5.74) is 7.00. The molecule has 1 aromatic rings. The van der Waals surface area contributed by atoms with Crippen molar-refractivity contribution in [3.8, 4) is 0 Å². The highest BCUT2D eigenvalue weighted by Gasteiger charge is 2.38. The molecule has 1 heterocycles. The molecule has 2 aliphatic carbocycles. The number of guanidine groups is 1. The third-order valence-corrected chi connectivity index (χ3v) is 5.08. The maximum Gasteiger partial charge on any atom is 0.188 e. The van der Waals surface area contributed by atoms with E-state index >= 15 is 0 Å². The van der Waals surface area contributed by atoms with Crippen molar-refractivity contribution >= 4 is 29.9 Å². The zero-order valence-electron chi connectivity index (χ0n) is 13.1. The molecule has 2 saturated carbocycles. The van der Waals surface area contributed by atoms with Crippen molar-refractivity contribution in [1.29, 1.82) is 0 Å². The number of halogens is 1. The first-order valence-electron chi connectivity index (χ1n) is 8.25. The van der Waals surface area contributed by atoms with Gasteiger partial charge in [0.25, 0.3) is 0 Å². The molecule has 3 rings (SSSR count). The maximum absolute atomic E-state index is 5.92. The Bertz CT molecular complexity index is 477. The topological polar surface area (TPSA) is 63.3 Å². The minimum absolute atomic E-state index is 0. The highest BCUT2D eigenvalue weighted by atomic mass is 127. The molecule has 2 aliphatic rings. The molecule has 22 heavy (non-hydrogen) atoms. The fourth-order valence-electron chi connectivity index (χ4n) is 4.00. The van der Waals surface area contributed by atoms with Crippen LogP contribution < -0.4 is 11.1 Å². The van der Waals surface area contributed by atoms with Crippen molar-refractivity contribution in [2.24, 2.45) is 28.5 Å². The molecule has 3 unspecified atom stereocenters. The molecule has 1 aromatic heterocycles. The number of hydrogen-bond donors (Lipinski definition) is 2. The van der Waals surface area contributed by atoms with Gasteiger partial charge in [0.2, 0.25) is 0 Å². The molecule has 2 bridgehead atoms. The van der Waals surface area contributed by atoms with E-state index in [9.17, 15) is 0 Å². The van der Waals surface area contributed by atoms with Gasteiger partial charge >= 0.3 is 0 Å². The van der Waals surface area contributed by atoms with Crippen molar-refractivity contribution < 1.29 is 0 Å². The van der Waals surface area contributed by atoms with E-state index in [1.165, 1.54) is 32.1 Å². The van der Waals surface area contributed by atoms with Gasteiger partial charge < -0.3 is 11.1 Å². The van der Waals surface area contributed by atoms with Gasteiger partial charge in [-0.25, -0.2) is 0 Å². The molecule has 2 fully saturated rings. The van der Waals surface area contributed by atoms with Crippen LogP contribution in [0.3, 0.4) is 0 Å². The van der Waals surface area contributed by atoms with Crippen LogP contribution in [-0.4, -0.2) is 24.0 Å². The van der Waals surface area contributed by atoms with E-state index in [0.29, 0.717) is 5.96 Å². The van der Waals surface area contributed by atoms with Crippen molar-refractivity contribution in [2.45, 2.75) is 38.5 Å². The van der Waals surface area contributed by atoms with Crippen LogP contribution in [0.25, 0.3) is 0 Å². The number of pyridine rings is 1. The Labute approximate surface area is 150 Å². The molecule has 0 saturated heterocycles. The number of rotatable bonds is 6. The van der Waals surface area contributed by atoms with E-state index in [4.69, 9.17) is 5.73 Å². The van der Waals surface area contributed by atoms with Crippen molar-refractivity contribution in [2.75, 3.05) is 13.1 Å². The Morgan fingerprint density at radius 3 is 2.91 bits per heavy atom. The van der Waals surface area contributed by atoms with E-state index in [1.807, 2.05) is 24.4 Å². The minimum Gasteiger partial charge on any atom is -0.370 e. The van der Waals surface area contributed by atoms with Gasteiger partial charge in [-0.2, -0.15) is 0 Å². The summed E-state index contributed by atoms with van der Waals surface area (Å²) in [5, 5.41) is 3.18. The van der Waals surface area contributed by atoms with Crippen LogP contribution >= 0.6 is 24.0 Å². The monoisotopic (exact) mass is 414 g/mol. The van der Waals surface area contributed by atoms with Gasteiger partial charge in [-0.05, 0) is 55.6 Å². The Morgan fingerprint density at radius 2 is 2.23 bits per heavy atom. The molecule has 3 atom stereocenters. The lowest BCUT2D eigenvalue weighted by Crippen LogP contribution is -2.33. The summed E-state index contributed by atoms with van der Waals surface area (Å²) in [4.78, 5) is 8.76. The molecule has 5 heteroatoms. The molecule has 0 amide bonds. The second kappa shape index (κ2) is 8.70. The minimum atomic E-state index is 0. The van der Waals surface area contributed by atoms with Gasteiger partial charge in [0.05, 0.1) is 0 Å². The summed E-state index contributed by atoms with van der Waals surface area (Å²) in [6.07, 6.45) is 9.76. The number of hydrogen-bond acceptors (Lipinski definition) is 2. The molecule has 0 aromatic carbocycles. The van der Waals surface area contributed by atoms with Gasteiger partial charge in [0, 0.05) is 31.4 Å². The zero-order chi connectivity index (χ0) is 14.5. The fourth-order valence-corrected chi connectivity index (χ4v) is 4.00. The largest absolute Gasteiger partial charge is 0.370 e. The maximum atomic E-state index is 5.92. The quantitative estimate of drug-likeness (QED) is 0.428. The zero-order valence-corrected chi connectivity index (χ0v) is 15.4. The van der Waals surface area contributed by atoms with Crippen LogP contribution in [0.2, 0.25) is 0 Å². The Morgan fingerprint density at radius 1 is 1.32 bits per heavy atom. The summed E-state index contributed by atoms with van der Waals surface area (Å²) in [6.45, 7) is 1.66. The van der Waals surface area contributed by atoms with Crippen molar-refractivity contribution in [3.05, 3.63) is 30.1 Å². The van der Waals surface area contributed by atoms with Gasteiger partial charge in [-0.15, -0.1) is 24.0 Å². The molecule has 0 radical (unpaired) electrons. The smallest absolute Gasteiger partial charge is 0.188 e. The fraction of sp³-hybridized carbons (Fsp3) is 0.647. The third kappa shape index (κ3) is 4.83. The first kappa shape index (κ1) is 17.5. The van der Waals surface area contributed by atoms with E-state index < -0.39 is 0 Å². The molecule has 122 valence electrons. The van der Waals surface area contributed by atoms with Gasteiger partial charge in [0.1, 0.15) is 0 Å². The van der Waals surface area contributed by atoms with Crippen LogP contribution in [0.1, 0.15) is 37.8 Å².